The number of carboxylic acid groups (broad SMARTS) is 1. The largest absolute Gasteiger partial charge is 0.481 e. The van der Waals surface area contributed by atoms with E-state index in [1.165, 1.54) is 0 Å². The second kappa shape index (κ2) is 7.97. The van der Waals surface area contributed by atoms with Gasteiger partial charge in [0.15, 0.2) is 0 Å². The van der Waals surface area contributed by atoms with E-state index in [2.05, 4.69) is 11.2 Å². The number of carbonyl (C=O) groups excluding carboxylic acids is 1. The SMILES string of the molecule is C#CCC(N)C(=O)NC(CCC(=O)O)c1ccccc1. The third-order valence-electron chi connectivity index (χ3n) is 2.84. The van der Waals surface area contributed by atoms with Crippen LogP contribution in [0.1, 0.15) is 30.9 Å². The lowest BCUT2D eigenvalue weighted by molar-refractivity contribution is -0.137. The van der Waals surface area contributed by atoms with Crippen LogP contribution in [0.15, 0.2) is 30.3 Å². The van der Waals surface area contributed by atoms with E-state index >= 15 is 0 Å². The van der Waals surface area contributed by atoms with Crippen molar-refractivity contribution in [2.45, 2.75) is 31.3 Å². The molecule has 1 aromatic rings. The first-order chi connectivity index (χ1) is 9.54. The molecule has 0 aromatic heterocycles. The molecule has 106 valence electrons. The molecule has 0 heterocycles. The Bertz CT molecular complexity index is 494. The first-order valence-corrected chi connectivity index (χ1v) is 6.30. The molecule has 2 unspecified atom stereocenters. The number of terminal acetylenes is 1. The van der Waals surface area contributed by atoms with Gasteiger partial charge in [0.05, 0.1) is 12.1 Å². The molecule has 2 atom stereocenters. The van der Waals surface area contributed by atoms with Gasteiger partial charge >= 0.3 is 5.97 Å². The van der Waals surface area contributed by atoms with Crippen molar-refractivity contribution in [1.29, 1.82) is 0 Å². The van der Waals surface area contributed by atoms with Crippen LogP contribution in [0, 0.1) is 12.3 Å². The van der Waals surface area contributed by atoms with Gasteiger partial charge in [0, 0.05) is 12.8 Å². The highest BCUT2D eigenvalue weighted by atomic mass is 16.4. The van der Waals surface area contributed by atoms with Crippen LogP contribution in [0.25, 0.3) is 0 Å². The molecule has 1 amide bonds. The number of aliphatic carboxylic acids is 1. The lowest BCUT2D eigenvalue weighted by Gasteiger charge is -2.20. The van der Waals surface area contributed by atoms with Crippen LogP contribution in [-0.2, 0) is 9.59 Å². The molecule has 0 aliphatic rings. The number of carbonyl (C=O) groups is 2. The lowest BCUT2D eigenvalue weighted by Crippen LogP contribution is -2.42. The number of nitrogens with two attached hydrogens (primary N) is 1. The minimum absolute atomic E-state index is 0.0375. The van der Waals surface area contributed by atoms with E-state index in [1.807, 2.05) is 30.3 Å². The molecule has 0 bridgehead atoms. The summed E-state index contributed by atoms with van der Waals surface area (Å²) in [6.07, 6.45) is 5.53. The first kappa shape index (κ1) is 15.7. The molecule has 4 N–H and O–H groups in total. The Kier molecular flexibility index (Phi) is 6.27. The smallest absolute Gasteiger partial charge is 0.303 e. The van der Waals surface area contributed by atoms with Crippen LogP contribution < -0.4 is 11.1 Å². The molecule has 0 saturated carbocycles. The number of hydrogen-bond donors (Lipinski definition) is 3. The Balaban J connectivity index is 2.76. The van der Waals surface area contributed by atoms with Gasteiger partial charge in [0.1, 0.15) is 0 Å². The summed E-state index contributed by atoms with van der Waals surface area (Å²) in [4.78, 5) is 22.6. The summed E-state index contributed by atoms with van der Waals surface area (Å²) in [6.45, 7) is 0. The zero-order valence-electron chi connectivity index (χ0n) is 11.1. The van der Waals surface area contributed by atoms with Crippen LogP contribution in [0.5, 0.6) is 0 Å². The van der Waals surface area contributed by atoms with Crippen molar-refractivity contribution in [3.8, 4) is 12.3 Å². The van der Waals surface area contributed by atoms with E-state index in [4.69, 9.17) is 17.3 Å². The van der Waals surface area contributed by atoms with Gasteiger partial charge in [-0.25, -0.2) is 0 Å². The fourth-order valence-corrected chi connectivity index (χ4v) is 1.77. The van der Waals surface area contributed by atoms with Crippen LogP contribution in [0.3, 0.4) is 0 Å². The van der Waals surface area contributed by atoms with Gasteiger partial charge in [0.25, 0.3) is 0 Å². The first-order valence-electron chi connectivity index (χ1n) is 6.30. The van der Waals surface area contributed by atoms with Gasteiger partial charge in [-0.3, -0.25) is 9.59 Å². The summed E-state index contributed by atoms with van der Waals surface area (Å²) in [7, 11) is 0. The van der Waals surface area contributed by atoms with Crippen LogP contribution in [-0.4, -0.2) is 23.0 Å². The number of carboxylic acids is 1. The Hall–Kier alpha value is -2.32. The van der Waals surface area contributed by atoms with Crippen molar-refractivity contribution in [1.82, 2.24) is 5.32 Å². The molecule has 0 spiro atoms. The molecular weight excluding hydrogens is 256 g/mol. The molecule has 0 saturated heterocycles. The van der Waals surface area contributed by atoms with E-state index in [-0.39, 0.29) is 24.8 Å². The Labute approximate surface area is 118 Å². The van der Waals surface area contributed by atoms with E-state index in [1.54, 1.807) is 0 Å². The Morgan fingerprint density at radius 2 is 2.00 bits per heavy atom. The molecule has 1 aromatic carbocycles. The Morgan fingerprint density at radius 1 is 1.35 bits per heavy atom. The zero-order valence-corrected chi connectivity index (χ0v) is 11.1. The number of nitrogens with one attached hydrogen (secondary N) is 1. The van der Waals surface area contributed by atoms with Crippen LogP contribution in [0.2, 0.25) is 0 Å². The normalized spacial score (nSPS) is 13.0. The van der Waals surface area contributed by atoms with Crippen molar-refractivity contribution in [2.75, 3.05) is 0 Å². The molecule has 0 aliphatic carbocycles. The van der Waals surface area contributed by atoms with E-state index in [0.29, 0.717) is 6.42 Å². The molecule has 1 rings (SSSR count). The third kappa shape index (κ3) is 5.12. The quantitative estimate of drug-likeness (QED) is 0.648. The molecule has 0 radical (unpaired) electrons. The highest BCUT2D eigenvalue weighted by Gasteiger charge is 2.19. The summed E-state index contributed by atoms with van der Waals surface area (Å²) in [5, 5.41) is 11.5. The standard InChI is InChI=1S/C15H18N2O3/c1-2-6-12(16)15(20)17-13(9-10-14(18)19)11-7-4-3-5-8-11/h1,3-5,7-8,12-13H,6,9-10,16H2,(H,17,20)(H,18,19). The molecule has 0 aliphatic heterocycles. The van der Waals surface area contributed by atoms with Gasteiger partial charge in [0.2, 0.25) is 5.91 Å². The highest BCUT2D eigenvalue weighted by molar-refractivity contribution is 5.82. The van der Waals surface area contributed by atoms with Crippen molar-refractivity contribution in [3.63, 3.8) is 0 Å². The number of amides is 1. The number of rotatable bonds is 7. The summed E-state index contributed by atoms with van der Waals surface area (Å²) in [5.74, 6) is 1.05. The average Bonchev–Trinajstić information content (AvgIpc) is 2.44. The van der Waals surface area contributed by atoms with E-state index in [9.17, 15) is 9.59 Å². The van der Waals surface area contributed by atoms with Gasteiger partial charge in [-0.1, -0.05) is 30.3 Å². The van der Waals surface area contributed by atoms with Crippen LogP contribution >= 0.6 is 0 Å². The summed E-state index contributed by atoms with van der Waals surface area (Å²) in [6, 6.07) is 8.01. The summed E-state index contributed by atoms with van der Waals surface area (Å²) >= 11 is 0. The van der Waals surface area contributed by atoms with Crippen LogP contribution in [0.4, 0.5) is 0 Å². The van der Waals surface area contributed by atoms with Gasteiger partial charge in [-0.05, 0) is 12.0 Å². The summed E-state index contributed by atoms with van der Waals surface area (Å²) < 4.78 is 0. The second-order valence-electron chi connectivity index (χ2n) is 4.42. The summed E-state index contributed by atoms with van der Waals surface area (Å²) in [5.41, 5.74) is 6.48. The fraction of sp³-hybridized carbons (Fsp3) is 0.333. The lowest BCUT2D eigenvalue weighted by atomic mass is 10.0. The predicted octanol–water partition coefficient (Wildman–Crippen LogP) is 1.06. The maximum Gasteiger partial charge on any atom is 0.303 e. The highest BCUT2D eigenvalue weighted by Crippen LogP contribution is 2.18. The van der Waals surface area contributed by atoms with Crippen molar-refractivity contribution >= 4 is 11.9 Å². The zero-order chi connectivity index (χ0) is 15.0. The van der Waals surface area contributed by atoms with Gasteiger partial charge in [-0.2, -0.15) is 0 Å². The minimum atomic E-state index is -0.909. The average molecular weight is 274 g/mol. The van der Waals surface area contributed by atoms with Crippen molar-refractivity contribution in [2.24, 2.45) is 5.73 Å². The van der Waals surface area contributed by atoms with E-state index in [0.717, 1.165) is 5.56 Å². The maximum absolute atomic E-state index is 11.9. The third-order valence-corrected chi connectivity index (χ3v) is 2.84. The second-order valence-corrected chi connectivity index (χ2v) is 4.42. The number of benzene rings is 1. The number of hydrogen-bond acceptors (Lipinski definition) is 3. The molecular formula is C15H18N2O3. The molecule has 5 heteroatoms. The van der Waals surface area contributed by atoms with Crippen molar-refractivity contribution in [3.05, 3.63) is 35.9 Å². The monoisotopic (exact) mass is 274 g/mol. The van der Waals surface area contributed by atoms with Gasteiger partial charge < -0.3 is 16.2 Å². The minimum Gasteiger partial charge on any atom is -0.481 e. The topological polar surface area (TPSA) is 92.4 Å². The van der Waals surface area contributed by atoms with Crippen molar-refractivity contribution < 1.29 is 14.7 Å². The molecule has 0 fully saturated rings. The molecule has 20 heavy (non-hydrogen) atoms. The Morgan fingerprint density at radius 3 is 2.55 bits per heavy atom. The molecule has 5 nitrogen and oxygen atoms in total. The van der Waals surface area contributed by atoms with Gasteiger partial charge in [-0.15, -0.1) is 12.3 Å². The maximum atomic E-state index is 11.9. The fourth-order valence-electron chi connectivity index (χ4n) is 1.77. The van der Waals surface area contributed by atoms with E-state index < -0.39 is 12.0 Å². The predicted molar refractivity (Wildman–Crippen MR) is 75.6 cm³/mol.